The number of unbranched alkanes of at least 4 members (excludes halogenated alkanes) is 2. The van der Waals surface area contributed by atoms with Crippen LogP contribution in [0.25, 0.3) is 0 Å². The van der Waals surface area contributed by atoms with Crippen molar-refractivity contribution in [3.05, 3.63) is 58.7 Å². The average Bonchev–Trinajstić information content (AvgIpc) is 2.63. The lowest BCUT2D eigenvalue weighted by molar-refractivity contribution is -0.122. The van der Waals surface area contributed by atoms with Gasteiger partial charge in [-0.25, -0.2) is 0 Å². The van der Waals surface area contributed by atoms with Crippen molar-refractivity contribution in [2.45, 2.75) is 80.1 Å². The Morgan fingerprint density at radius 2 is 1.83 bits per heavy atom. The number of hydrogen-bond acceptors (Lipinski definition) is 2. The van der Waals surface area contributed by atoms with Crippen LogP contribution in [-0.4, -0.2) is 22.6 Å². The fourth-order valence-electron chi connectivity index (χ4n) is 3.77. The van der Waals surface area contributed by atoms with Gasteiger partial charge in [-0.3, -0.25) is 14.5 Å². The van der Waals surface area contributed by atoms with Crippen molar-refractivity contribution in [2.75, 3.05) is 6.54 Å². The van der Waals surface area contributed by atoms with E-state index in [4.69, 9.17) is 0 Å². The molecule has 3 nitrogen and oxygen atoms in total. The highest BCUT2D eigenvalue weighted by atomic mass is 32.1. The Morgan fingerprint density at radius 1 is 1.13 bits per heavy atom. The number of nitrogens with zero attached hydrogens (tertiary/aromatic N) is 1. The summed E-state index contributed by atoms with van der Waals surface area (Å²) < 4.78 is 0. The second kappa shape index (κ2) is 12.8. The summed E-state index contributed by atoms with van der Waals surface area (Å²) in [5, 5.41) is -0.500. The van der Waals surface area contributed by atoms with E-state index in [0.717, 1.165) is 30.4 Å². The Morgan fingerprint density at radius 3 is 2.43 bits per heavy atom. The molecule has 1 aliphatic rings. The quantitative estimate of drug-likeness (QED) is 0.177. The molecule has 0 aliphatic heterocycles. The van der Waals surface area contributed by atoms with Gasteiger partial charge in [0.1, 0.15) is 0 Å². The third-order valence-corrected chi connectivity index (χ3v) is 5.85. The van der Waals surface area contributed by atoms with Crippen molar-refractivity contribution >= 4 is 23.8 Å². The zero-order valence-electron chi connectivity index (χ0n) is 19.6. The van der Waals surface area contributed by atoms with E-state index in [9.17, 15) is 9.59 Å². The normalized spacial score (nSPS) is 17.8. The molecule has 0 atom stereocenters. The first-order chi connectivity index (χ1) is 14.1. The van der Waals surface area contributed by atoms with E-state index in [1.807, 2.05) is 25.2 Å². The molecule has 1 aliphatic carbocycles. The minimum atomic E-state index is -0.500. The molecule has 0 aromatic rings. The monoisotopic (exact) mass is 429 g/mol. The van der Waals surface area contributed by atoms with Crippen LogP contribution < -0.4 is 0 Å². The number of carbonyl (C=O) groups is 2. The van der Waals surface area contributed by atoms with E-state index in [2.05, 4.69) is 59.4 Å². The summed E-state index contributed by atoms with van der Waals surface area (Å²) in [5.41, 5.74) is 5.13. The van der Waals surface area contributed by atoms with Crippen LogP contribution in [0.4, 0.5) is 4.79 Å². The van der Waals surface area contributed by atoms with Crippen molar-refractivity contribution < 1.29 is 9.59 Å². The topological polar surface area (TPSA) is 37.4 Å². The van der Waals surface area contributed by atoms with Crippen LogP contribution in [0.2, 0.25) is 0 Å². The molecular formula is C26H39NO2S. The van der Waals surface area contributed by atoms with Gasteiger partial charge in [-0.05, 0) is 63.0 Å². The van der Waals surface area contributed by atoms with Crippen LogP contribution in [0.15, 0.2) is 58.7 Å². The highest BCUT2D eigenvalue weighted by molar-refractivity contribution is 7.96. The summed E-state index contributed by atoms with van der Waals surface area (Å²) in [6, 6.07) is 0. The van der Waals surface area contributed by atoms with Crippen LogP contribution in [-0.2, 0) is 4.79 Å². The second-order valence-electron chi connectivity index (χ2n) is 8.90. The molecular weight excluding hydrogens is 390 g/mol. The summed E-state index contributed by atoms with van der Waals surface area (Å²) in [5.74, 6) is -0.309. The zero-order chi connectivity index (χ0) is 22.7. The molecule has 0 heterocycles. The number of thiol groups is 1. The Kier molecular flexibility index (Phi) is 11.2. The van der Waals surface area contributed by atoms with E-state index in [0.29, 0.717) is 6.54 Å². The number of imide groups is 1. The van der Waals surface area contributed by atoms with E-state index < -0.39 is 5.24 Å². The minimum absolute atomic E-state index is 0.238. The minimum Gasteiger partial charge on any atom is -0.270 e. The van der Waals surface area contributed by atoms with E-state index in [1.165, 1.54) is 41.4 Å². The number of rotatable bonds is 9. The predicted octanol–water partition coefficient (Wildman–Crippen LogP) is 7.59. The van der Waals surface area contributed by atoms with Gasteiger partial charge in [-0.15, -0.1) is 0 Å². The van der Waals surface area contributed by atoms with Gasteiger partial charge in [-0.1, -0.05) is 87.8 Å². The summed E-state index contributed by atoms with van der Waals surface area (Å²) in [4.78, 5) is 25.2. The maximum atomic E-state index is 12.4. The molecule has 4 heteroatoms. The zero-order valence-corrected chi connectivity index (χ0v) is 20.5. The number of allylic oxidation sites excluding steroid dienone is 9. The molecule has 0 aromatic heterocycles. The van der Waals surface area contributed by atoms with Crippen molar-refractivity contribution in [1.29, 1.82) is 0 Å². The Bertz CT molecular complexity index is 766. The highest BCUT2D eigenvalue weighted by Gasteiger charge is 2.26. The lowest BCUT2D eigenvalue weighted by atomic mass is 9.72. The molecule has 0 saturated carbocycles. The van der Waals surface area contributed by atoms with Gasteiger partial charge >= 0.3 is 0 Å². The number of amides is 2. The van der Waals surface area contributed by atoms with Crippen molar-refractivity contribution in [2.24, 2.45) is 5.41 Å². The van der Waals surface area contributed by atoms with Gasteiger partial charge in [0.25, 0.3) is 11.1 Å². The molecule has 0 N–H and O–H groups in total. The largest absolute Gasteiger partial charge is 0.285 e. The van der Waals surface area contributed by atoms with Gasteiger partial charge in [0.05, 0.1) is 0 Å². The fraction of sp³-hybridized carbons (Fsp3) is 0.538. The molecule has 0 radical (unpaired) electrons. The first kappa shape index (κ1) is 26.2. The molecule has 2 amide bonds. The highest BCUT2D eigenvalue weighted by Crippen LogP contribution is 2.40. The molecule has 0 fully saturated rings. The molecule has 0 aromatic carbocycles. The second-order valence-corrected chi connectivity index (χ2v) is 9.29. The fourth-order valence-corrected chi connectivity index (χ4v) is 3.97. The predicted molar refractivity (Wildman–Crippen MR) is 132 cm³/mol. The molecule has 166 valence electrons. The van der Waals surface area contributed by atoms with Crippen LogP contribution in [0, 0.1) is 5.41 Å². The van der Waals surface area contributed by atoms with Crippen LogP contribution in [0.5, 0.6) is 0 Å². The number of carbonyl (C=O) groups excluding carboxylic acids is 2. The Balaban J connectivity index is 2.77. The summed E-state index contributed by atoms with van der Waals surface area (Å²) in [7, 11) is 0. The molecule has 0 unspecified atom stereocenters. The van der Waals surface area contributed by atoms with Crippen molar-refractivity contribution in [1.82, 2.24) is 4.90 Å². The van der Waals surface area contributed by atoms with Gasteiger partial charge in [-0.2, -0.15) is 0 Å². The summed E-state index contributed by atoms with van der Waals surface area (Å²) >= 11 is 3.84. The van der Waals surface area contributed by atoms with E-state index >= 15 is 0 Å². The lowest BCUT2D eigenvalue weighted by Gasteiger charge is -2.32. The van der Waals surface area contributed by atoms with Crippen molar-refractivity contribution in [3.8, 4) is 0 Å². The first-order valence-corrected chi connectivity index (χ1v) is 11.5. The van der Waals surface area contributed by atoms with Gasteiger partial charge in [0, 0.05) is 12.6 Å². The van der Waals surface area contributed by atoms with E-state index in [1.54, 1.807) is 0 Å². The third-order valence-electron chi connectivity index (χ3n) is 5.61. The first-order valence-electron chi connectivity index (χ1n) is 11.0. The van der Waals surface area contributed by atoms with Gasteiger partial charge < -0.3 is 0 Å². The summed E-state index contributed by atoms with van der Waals surface area (Å²) in [6.07, 6.45) is 18.3. The van der Waals surface area contributed by atoms with Crippen LogP contribution in [0.1, 0.15) is 80.1 Å². The van der Waals surface area contributed by atoms with Gasteiger partial charge in [0.15, 0.2) is 0 Å². The van der Waals surface area contributed by atoms with Gasteiger partial charge in [0.2, 0.25) is 0 Å². The molecule has 1 rings (SSSR count). The molecule has 30 heavy (non-hydrogen) atoms. The lowest BCUT2D eigenvalue weighted by Crippen LogP contribution is -2.33. The van der Waals surface area contributed by atoms with Crippen molar-refractivity contribution in [3.63, 3.8) is 0 Å². The molecule has 0 saturated heterocycles. The maximum Gasteiger partial charge on any atom is 0.285 e. The molecule has 0 spiro atoms. The van der Waals surface area contributed by atoms with E-state index in [-0.39, 0.29) is 11.3 Å². The van der Waals surface area contributed by atoms with Crippen LogP contribution in [0.3, 0.4) is 0 Å². The Hall–Kier alpha value is -1.81. The SMILES string of the molecule is CCCCCN(C(=O)S)C(=O)/C=C(C)/C=C/C=C(C)/C=C/C1=C(C)CCCC1(C)C. The Labute approximate surface area is 189 Å². The smallest absolute Gasteiger partial charge is 0.270 e. The average molecular weight is 430 g/mol. The summed E-state index contributed by atoms with van der Waals surface area (Å²) in [6.45, 7) is 13.3. The third kappa shape index (κ3) is 8.91. The maximum absolute atomic E-state index is 12.4. The number of hydrogen-bond donors (Lipinski definition) is 1. The standard InChI is InChI=1S/C26H39NO2S/c1-7-8-9-18-27(25(29)30)24(28)19-21(3)13-10-12-20(2)15-16-23-22(4)14-11-17-26(23,5)6/h10,12-13,15-16,19H,7-9,11,14,17-18H2,1-6H3,(H,29,30)/b13-10+,16-15+,20-12+,21-19+. The molecule has 0 bridgehead atoms. The van der Waals surface area contributed by atoms with Crippen LogP contribution >= 0.6 is 12.6 Å².